The van der Waals surface area contributed by atoms with E-state index in [4.69, 9.17) is 0 Å². The zero-order chi connectivity index (χ0) is 26.0. The van der Waals surface area contributed by atoms with Crippen LogP contribution in [-0.2, 0) is 15.6 Å². The summed E-state index contributed by atoms with van der Waals surface area (Å²) in [5.41, 5.74) is -2.48. The van der Waals surface area contributed by atoms with Gasteiger partial charge in [0.1, 0.15) is 17.3 Å². The number of nitrogens with zero attached hydrogens (tertiary/aromatic N) is 4. The lowest BCUT2D eigenvalue weighted by Gasteiger charge is -2.34. The van der Waals surface area contributed by atoms with Crippen LogP contribution < -0.4 is 5.32 Å². The van der Waals surface area contributed by atoms with E-state index in [1.165, 1.54) is 10.6 Å². The molecule has 0 fully saturated rings. The second-order valence-corrected chi connectivity index (χ2v) is 10.8. The fourth-order valence-electron chi connectivity index (χ4n) is 4.39. The molecule has 2 aromatic heterocycles. The van der Waals surface area contributed by atoms with Gasteiger partial charge in [-0.1, -0.05) is 6.58 Å². The van der Waals surface area contributed by atoms with Gasteiger partial charge in [0.05, 0.1) is 17.3 Å². The monoisotopic (exact) mass is 509 g/mol. The molecule has 1 N–H and O–H groups in total. The lowest BCUT2D eigenvalue weighted by atomic mass is 9.92. The molecule has 4 rings (SSSR count). The maximum Gasteiger partial charge on any atom is 0.263 e. The number of hydrogen-bond donors (Lipinski definition) is 1. The molecule has 1 aliphatic heterocycles. The molecule has 0 atom stereocenters. The van der Waals surface area contributed by atoms with Gasteiger partial charge in [0, 0.05) is 28.4 Å². The zero-order valence-corrected chi connectivity index (χ0v) is 20.4. The third-order valence-electron chi connectivity index (χ3n) is 5.84. The average molecular weight is 510 g/mol. The summed E-state index contributed by atoms with van der Waals surface area (Å²) in [4.78, 5) is 0. The Kier molecular flexibility index (Phi) is 5.70. The van der Waals surface area contributed by atoms with E-state index in [0.29, 0.717) is 17.3 Å². The summed E-state index contributed by atoms with van der Waals surface area (Å²) in [5, 5.41) is 11.3. The molecular formula is C23H23F4N5O2S. The van der Waals surface area contributed by atoms with Gasteiger partial charge in [0.25, 0.3) is 6.43 Å². The fraction of sp³-hybridized carbons (Fsp3) is 0.304. The van der Waals surface area contributed by atoms with Crippen molar-refractivity contribution in [2.75, 3.05) is 6.26 Å². The number of allylic oxidation sites excluding steroid dienone is 5. The highest BCUT2D eigenvalue weighted by Gasteiger charge is 2.37. The minimum Gasteiger partial charge on any atom is -0.375 e. The fourth-order valence-corrected chi connectivity index (χ4v) is 5.18. The average Bonchev–Trinajstić information content (AvgIpc) is 3.32. The SMILES string of the molecule is C=C(/C(=C(/F)C1=C(C)NC(C)(C)c2nnc(C)n21)c1cc(F)cc2c1ccn2S(C)(=O)=O)C(F)F. The summed E-state index contributed by atoms with van der Waals surface area (Å²) in [7, 11) is -3.85. The van der Waals surface area contributed by atoms with Crippen LogP contribution in [0.5, 0.6) is 0 Å². The summed E-state index contributed by atoms with van der Waals surface area (Å²) in [6, 6.07) is 3.13. The normalized spacial score (nSPS) is 16.4. The molecule has 186 valence electrons. The molecule has 0 amide bonds. The largest absolute Gasteiger partial charge is 0.375 e. The van der Waals surface area contributed by atoms with Crippen LogP contribution in [0.15, 0.2) is 48.1 Å². The summed E-state index contributed by atoms with van der Waals surface area (Å²) in [6.07, 6.45) is -1.12. The Labute approximate surface area is 199 Å². The Balaban J connectivity index is 2.12. The van der Waals surface area contributed by atoms with E-state index in [1.807, 2.05) is 0 Å². The highest BCUT2D eigenvalue weighted by atomic mass is 32.2. The summed E-state index contributed by atoms with van der Waals surface area (Å²) < 4.78 is 85.6. The Morgan fingerprint density at radius 1 is 1.20 bits per heavy atom. The molecule has 0 saturated heterocycles. The molecule has 0 saturated carbocycles. The number of benzene rings is 1. The predicted octanol–water partition coefficient (Wildman–Crippen LogP) is 4.72. The molecule has 7 nitrogen and oxygen atoms in total. The van der Waals surface area contributed by atoms with Crippen molar-refractivity contribution in [3.63, 3.8) is 0 Å². The number of halogens is 4. The van der Waals surface area contributed by atoms with Crippen LogP contribution in [0.25, 0.3) is 22.2 Å². The van der Waals surface area contributed by atoms with Crippen LogP contribution in [0.1, 0.15) is 38.0 Å². The van der Waals surface area contributed by atoms with E-state index in [2.05, 4.69) is 22.1 Å². The van der Waals surface area contributed by atoms with Gasteiger partial charge in [-0.3, -0.25) is 4.57 Å². The number of aryl methyl sites for hydroxylation is 1. The molecule has 0 aliphatic carbocycles. The van der Waals surface area contributed by atoms with Gasteiger partial charge in [-0.2, -0.15) is 0 Å². The number of rotatable bonds is 5. The van der Waals surface area contributed by atoms with Crippen molar-refractivity contribution in [1.29, 1.82) is 0 Å². The number of hydrogen-bond acceptors (Lipinski definition) is 5. The first-order valence-electron chi connectivity index (χ1n) is 10.5. The number of alkyl halides is 2. The maximum absolute atomic E-state index is 16.5. The van der Waals surface area contributed by atoms with Crippen molar-refractivity contribution in [3.05, 3.63) is 71.1 Å². The van der Waals surface area contributed by atoms with E-state index in [9.17, 15) is 21.6 Å². The third-order valence-corrected chi connectivity index (χ3v) is 6.87. The second kappa shape index (κ2) is 8.08. The van der Waals surface area contributed by atoms with E-state index < -0.39 is 44.8 Å². The van der Waals surface area contributed by atoms with Crippen molar-refractivity contribution >= 4 is 32.2 Å². The number of nitrogens with one attached hydrogen (secondary N) is 1. The van der Waals surface area contributed by atoms with E-state index in [-0.39, 0.29) is 22.2 Å². The van der Waals surface area contributed by atoms with Gasteiger partial charge in [0.2, 0.25) is 10.0 Å². The number of fused-ring (bicyclic) bond motifs is 2. The highest BCUT2D eigenvalue weighted by Crippen LogP contribution is 2.42. The lowest BCUT2D eigenvalue weighted by Crippen LogP contribution is -2.42. The predicted molar refractivity (Wildman–Crippen MR) is 125 cm³/mol. The summed E-state index contributed by atoms with van der Waals surface area (Å²) in [5.74, 6) is -1.38. The first-order valence-corrected chi connectivity index (χ1v) is 12.3. The molecule has 0 spiro atoms. The molecule has 3 aromatic rings. The molecule has 3 heterocycles. The van der Waals surface area contributed by atoms with Crippen LogP contribution in [0.4, 0.5) is 17.6 Å². The topological polar surface area (TPSA) is 81.8 Å². The van der Waals surface area contributed by atoms with Gasteiger partial charge in [-0.15, -0.1) is 10.2 Å². The quantitative estimate of drug-likeness (QED) is 0.398. The Bertz CT molecular complexity index is 1560. The van der Waals surface area contributed by atoms with Crippen LogP contribution in [0, 0.1) is 12.7 Å². The Hall–Kier alpha value is -3.41. The van der Waals surface area contributed by atoms with Crippen molar-refractivity contribution < 1.29 is 26.0 Å². The lowest BCUT2D eigenvalue weighted by molar-refractivity contribution is 0.196. The molecule has 0 bridgehead atoms. The van der Waals surface area contributed by atoms with Crippen LogP contribution in [0.2, 0.25) is 0 Å². The summed E-state index contributed by atoms with van der Waals surface area (Å²) >= 11 is 0. The molecule has 12 heteroatoms. The zero-order valence-electron chi connectivity index (χ0n) is 19.6. The Morgan fingerprint density at radius 2 is 1.86 bits per heavy atom. The molecular weight excluding hydrogens is 486 g/mol. The third kappa shape index (κ3) is 3.95. The smallest absolute Gasteiger partial charge is 0.263 e. The van der Waals surface area contributed by atoms with E-state index in [1.54, 1.807) is 27.7 Å². The molecule has 1 aliphatic rings. The van der Waals surface area contributed by atoms with Crippen molar-refractivity contribution in [2.24, 2.45) is 0 Å². The van der Waals surface area contributed by atoms with Gasteiger partial charge < -0.3 is 5.32 Å². The molecule has 35 heavy (non-hydrogen) atoms. The van der Waals surface area contributed by atoms with Crippen molar-refractivity contribution in [1.82, 2.24) is 24.1 Å². The van der Waals surface area contributed by atoms with Crippen molar-refractivity contribution in [3.8, 4) is 0 Å². The Morgan fingerprint density at radius 3 is 2.46 bits per heavy atom. The first-order chi connectivity index (χ1) is 16.1. The second-order valence-electron chi connectivity index (χ2n) is 8.91. The standard InChI is InChI=1S/C23H23F4N5O2S/c1-11(21(26)27)18(16-9-14(24)10-17-15(16)7-8-31(17)35(6,33)34)19(25)20-12(2)28-23(4,5)22-30-29-13(3)32(20)22/h7-10,21,28H,1H2,2-6H3/b19-18-. The van der Waals surface area contributed by atoms with E-state index >= 15 is 4.39 Å². The highest BCUT2D eigenvalue weighted by molar-refractivity contribution is 7.89. The minimum absolute atomic E-state index is 0.0619. The molecule has 1 aromatic carbocycles. The number of aromatic nitrogens is 4. The minimum atomic E-state index is -3.85. The van der Waals surface area contributed by atoms with Crippen LogP contribution in [0.3, 0.4) is 0 Å². The van der Waals surface area contributed by atoms with E-state index in [0.717, 1.165) is 28.6 Å². The first kappa shape index (κ1) is 24.7. The summed E-state index contributed by atoms with van der Waals surface area (Å²) in [6.45, 7) is 10.1. The van der Waals surface area contributed by atoms with Gasteiger partial charge in [0.15, 0.2) is 11.7 Å². The van der Waals surface area contributed by atoms with Crippen LogP contribution >= 0.6 is 0 Å². The molecule has 0 radical (unpaired) electrons. The van der Waals surface area contributed by atoms with Gasteiger partial charge in [-0.25, -0.2) is 30.0 Å². The van der Waals surface area contributed by atoms with Crippen LogP contribution in [-0.4, -0.2) is 39.8 Å². The van der Waals surface area contributed by atoms with Gasteiger partial charge >= 0.3 is 0 Å². The van der Waals surface area contributed by atoms with Gasteiger partial charge in [-0.05, 0) is 51.5 Å². The molecule has 0 unspecified atom stereocenters. The maximum atomic E-state index is 16.5. The van der Waals surface area contributed by atoms with Crippen molar-refractivity contribution in [2.45, 2.75) is 39.7 Å².